The van der Waals surface area contributed by atoms with Crippen LogP contribution >= 0.6 is 0 Å². The second-order valence-electron chi connectivity index (χ2n) is 5.37. The van der Waals surface area contributed by atoms with Crippen molar-refractivity contribution < 1.29 is 13.9 Å². The zero-order valence-corrected chi connectivity index (χ0v) is 12.9. The highest BCUT2D eigenvalue weighted by Gasteiger charge is 2.15. The molecule has 118 valence electrons. The van der Waals surface area contributed by atoms with Gasteiger partial charge in [0.05, 0.1) is 25.2 Å². The van der Waals surface area contributed by atoms with Crippen LogP contribution in [0.5, 0.6) is 0 Å². The number of nitrogens with one attached hydrogen (secondary N) is 1. The Labute approximate surface area is 137 Å². The summed E-state index contributed by atoms with van der Waals surface area (Å²) in [4.78, 5) is 19.6. The molecule has 0 unspecified atom stereocenters. The molecule has 0 amide bonds. The van der Waals surface area contributed by atoms with E-state index in [-0.39, 0.29) is 5.97 Å². The number of esters is 1. The maximum absolute atomic E-state index is 12.0. The summed E-state index contributed by atoms with van der Waals surface area (Å²) in [5.74, 6) is -0.366. The minimum atomic E-state index is -0.366. The van der Waals surface area contributed by atoms with E-state index in [4.69, 9.17) is 9.15 Å². The zero-order chi connectivity index (χ0) is 16.5. The molecule has 0 saturated heterocycles. The van der Waals surface area contributed by atoms with E-state index < -0.39 is 0 Å². The third-order valence-electron chi connectivity index (χ3n) is 4.01. The molecule has 0 atom stereocenters. The predicted molar refractivity (Wildman–Crippen MR) is 90.6 cm³/mol. The van der Waals surface area contributed by atoms with Crippen LogP contribution in [-0.4, -0.2) is 23.0 Å². The number of furan rings is 1. The van der Waals surface area contributed by atoms with Gasteiger partial charge in [-0.15, -0.1) is 0 Å². The Bertz CT molecular complexity index is 1020. The summed E-state index contributed by atoms with van der Waals surface area (Å²) in [5.41, 5.74) is 4.92. The number of nitrogens with zero attached hydrogens (tertiary/aromatic N) is 1. The van der Waals surface area contributed by atoms with Crippen LogP contribution in [0.2, 0.25) is 0 Å². The SMILES string of the molecule is COC(=O)c1ccccc1-c1cnc2[nH]cc(-c3ccoc3)c2c1. The number of aromatic amines is 1. The van der Waals surface area contributed by atoms with Crippen LogP contribution < -0.4 is 0 Å². The smallest absolute Gasteiger partial charge is 0.338 e. The van der Waals surface area contributed by atoms with Crippen LogP contribution in [0.1, 0.15) is 10.4 Å². The van der Waals surface area contributed by atoms with Gasteiger partial charge in [-0.25, -0.2) is 9.78 Å². The number of benzene rings is 1. The maximum Gasteiger partial charge on any atom is 0.338 e. The van der Waals surface area contributed by atoms with E-state index in [1.54, 1.807) is 24.8 Å². The van der Waals surface area contributed by atoms with Gasteiger partial charge >= 0.3 is 5.97 Å². The van der Waals surface area contributed by atoms with Crippen LogP contribution in [0, 0.1) is 0 Å². The molecular weight excluding hydrogens is 304 g/mol. The summed E-state index contributed by atoms with van der Waals surface area (Å²) in [6, 6.07) is 11.3. The second-order valence-corrected chi connectivity index (χ2v) is 5.37. The van der Waals surface area contributed by atoms with Crippen LogP contribution in [0.4, 0.5) is 0 Å². The highest BCUT2D eigenvalue weighted by atomic mass is 16.5. The molecule has 0 aliphatic heterocycles. The Morgan fingerprint density at radius 1 is 1.17 bits per heavy atom. The standard InChI is InChI=1S/C19H14N2O3/c1-23-19(22)15-5-3-2-4-14(15)13-8-16-17(12-6-7-24-11-12)10-21-18(16)20-9-13/h2-11H,1H3,(H,20,21). The first-order chi connectivity index (χ1) is 11.8. The number of carbonyl (C=O) groups is 1. The maximum atomic E-state index is 12.0. The average molecular weight is 318 g/mol. The number of fused-ring (bicyclic) bond motifs is 1. The van der Waals surface area contributed by atoms with Gasteiger partial charge in [-0.3, -0.25) is 0 Å². The van der Waals surface area contributed by atoms with Crippen molar-refractivity contribution in [1.82, 2.24) is 9.97 Å². The number of hydrogen-bond donors (Lipinski definition) is 1. The van der Waals surface area contributed by atoms with E-state index in [9.17, 15) is 4.79 Å². The fourth-order valence-corrected chi connectivity index (χ4v) is 2.83. The average Bonchev–Trinajstić information content (AvgIpc) is 3.29. The summed E-state index contributed by atoms with van der Waals surface area (Å²) < 4.78 is 10.0. The second kappa shape index (κ2) is 5.70. The number of aromatic nitrogens is 2. The number of carbonyl (C=O) groups excluding carboxylic acids is 1. The van der Waals surface area contributed by atoms with Crippen LogP contribution in [-0.2, 0) is 4.74 Å². The van der Waals surface area contributed by atoms with Gasteiger partial charge in [0.15, 0.2) is 0 Å². The number of methoxy groups -OCH3 is 1. The van der Waals surface area contributed by atoms with Crippen LogP contribution in [0.15, 0.2) is 65.7 Å². The molecule has 1 N–H and O–H groups in total. The lowest BCUT2D eigenvalue weighted by atomic mass is 9.99. The van der Waals surface area contributed by atoms with Gasteiger partial charge in [0.25, 0.3) is 0 Å². The number of H-pyrrole nitrogens is 1. The lowest BCUT2D eigenvalue weighted by Gasteiger charge is -2.08. The predicted octanol–water partition coefficient (Wildman–Crippen LogP) is 4.28. The molecule has 4 rings (SSSR count). The quantitative estimate of drug-likeness (QED) is 0.573. The Morgan fingerprint density at radius 2 is 2.04 bits per heavy atom. The molecule has 0 radical (unpaired) electrons. The monoisotopic (exact) mass is 318 g/mol. The third kappa shape index (κ3) is 2.27. The molecule has 24 heavy (non-hydrogen) atoms. The van der Waals surface area contributed by atoms with E-state index in [1.165, 1.54) is 7.11 Å². The van der Waals surface area contributed by atoms with Crippen molar-refractivity contribution in [2.24, 2.45) is 0 Å². The van der Waals surface area contributed by atoms with Gasteiger partial charge in [-0.1, -0.05) is 18.2 Å². The van der Waals surface area contributed by atoms with Gasteiger partial charge in [-0.05, 0) is 23.8 Å². The molecule has 0 aliphatic carbocycles. The molecule has 0 bridgehead atoms. The van der Waals surface area contributed by atoms with Gasteiger partial charge in [0, 0.05) is 34.5 Å². The summed E-state index contributed by atoms with van der Waals surface area (Å²) in [6.07, 6.45) is 6.98. The van der Waals surface area contributed by atoms with E-state index in [0.29, 0.717) is 5.56 Å². The Kier molecular flexibility index (Phi) is 3.39. The number of hydrogen-bond acceptors (Lipinski definition) is 4. The van der Waals surface area contributed by atoms with Crippen LogP contribution in [0.3, 0.4) is 0 Å². The van der Waals surface area contributed by atoms with Crippen molar-refractivity contribution in [3.8, 4) is 22.3 Å². The Hall–Kier alpha value is -3.34. The largest absolute Gasteiger partial charge is 0.472 e. The van der Waals surface area contributed by atoms with Crippen molar-refractivity contribution in [2.45, 2.75) is 0 Å². The van der Waals surface area contributed by atoms with Crippen molar-refractivity contribution in [3.05, 3.63) is 66.9 Å². The van der Waals surface area contributed by atoms with Crippen molar-refractivity contribution in [3.63, 3.8) is 0 Å². The third-order valence-corrected chi connectivity index (χ3v) is 4.01. The molecule has 3 aromatic heterocycles. The molecule has 5 heteroatoms. The molecule has 3 heterocycles. The molecule has 1 aromatic carbocycles. The van der Waals surface area contributed by atoms with Gasteiger partial charge in [-0.2, -0.15) is 0 Å². The zero-order valence-electron chi connectivity index (χ0n) is 12.9. The molecule has 5 nitrogen and oxygen atoms in total. The normalized spacial score (nSPS) is 10.9. The molecule has 4 aromatic rings. The summed E-state index contributed by atoms with van der Waals surface area (Å²) >= 11 is 0. The summed E-state index contributed by atoms with van der Waals surface area (Å²) in [7, 11) is 1.38. The first kappa shape index (κ1) is 14.3. The first-order valence-electron chi connectivity index (χ1n) is 7.45. The molecule has 0 spiro atoms. The Morgan fingerprint density at radius 3 is 2.83 bits per heavy atom. The van der Waals surface area contributed by atoms with Crippen molar-refractivity contribution >= 4 is 17.0 Å². The van der Waals surface area contributed by atoms with E-state index in [0.717, 1.165) is 33.3 Å². The van der Waals surface area contributed by atoms with Crippen molar-refractivity contribution in [2.75, 3.05) is 7.11 Å². The highest BCUT2D eigenvalue weighted by Crippen LogP contribution is 2.32. The minimum absolute atomic E-state index is 0.366. The Balaban J connectivity index is 1.90. The molecule has 0 fully saturated rings. The van der Waals surface area contributed by atoms with Crippen LogP contribution in [0.25, 0.3) is 33.3 Å². The van der Waals surface area contributed by atoms with Gasteiger partial charge in [0.1, 0.15) is 5.65 Å². The highest BCUT2D eigenvalue weighted by molar-refractivity contribution is 6.00. The molecule has 0 saturated carbocycles. The van der Waals surface area contributed by atoms with E-state index in [1.807, 2.05) is 36.5 Å². The summed E-state index contributed by atoms with van der Waals surface area (Å²) in [5, 5.41) is 0.966. The number of pyridine rings is 1. The molecule has 0 aliphatic rings. The lowest BCUT2D eigenvalue weighted by molar-refractivity contribution is 0.0601. The lowest BCUT2D eigenvalue weighted by Crippen LogP contribution is -2.03. The summed E-state index contributed by atoms with van der Waals surface area (Å²) in [6.45, 7) is 0. The first-order valence-corrected chi connectivity index (χ1v) is 7.45. The number of rotatable bonds is 3. The minimum Gasteiger partial charge on any atom is -0.472 e. The number of ether oxygens (including phenoxy) is 1. The fraction of sp³-hybridized carbons (Fsp3) is 0.0526. The van der Waals surface area contributed by atoms with Crippen molar-refractivity contribution in [1.29, 1.82) is 0 Å². The topological polar surface area (TPSA) is 68.1 Å². The molecular formula is C19H14N2O3. The van der Waals surface area contributed by atoms with Gasteiger partial charge < -0.3 is 14.1 Å². The van der Waals surface area contributed by atoms with E-state index in [2.05, 4.69) is 9.97 Å². The van der Waals surface area contributed by atoms with Gasteiger partial charge in [0.2, 0.25) is 0 Å². The van der Waals surface area contributed by atoms with E-state index >= 15 is 0 Å². The fourth-order valence-electron chi connectivity index (χ4n) is 2.83.